The molecule has 0 aliphatic rings. The van der Waals surface area contributed by atoms with E-state index >= 15 is 0 Å². The van der Waals surface area contributed by atoms with Gasteiger partial charge in [0.2, 0.25) is 0 Å². The van der Waals surface area contributed by atoms with Crippen LogP contribution in [0, 0.1) is 13.0 Å². The Morgan fingerprint density at radius 1 is 0.957 bits per heavy atom. The van der Waals surface area contributed by atoms with Crippen LogP contribution >= 0.6 is 0 Å². The van der Waals surface area contributed by atoms with Gasteiger partial charge in [-0.25, -0.2) is 0 Å². The van der Waals surface area contributed by atoms with Crippen molar-refractivity contribution in [2.24, 2.45) is 0 Å². The third-order valence-electron chi connectivity index (χ3n) is 3.47. The molecule has 0 saturated carbocycles. The molecule has 3 aromatic rings. The van der Waals surface area contributed by atoms with E-state index in [1.165, 1.54) is 20.3 Å². The van der Waals surface area contributed by atoms with Gasteiger partial charge in [-0.15, -0.1) is 0 Å². The predicted octanol–water partition coefficient (Wildman–Crippen LogP) is 0.823. The van der Waals surface area contributed by atoms with Crippen LogP contribution in [0.2, 0.25) is 0 Å². The van der Waals surface area contributed by atoms with E-state index in [0.717, 1.165) is 16.3 Å². The van der Waals surface area contributed by atoms with Crippen LogP contribution in [-0.4, -0.2) is 13.1 Å². The third kappa shape index (κ3) is 4.07. The maximum absolute atomic E-state index is 13.2. The van der Waals surface area contributed by atoms with Gasteiger partial charge in [0.1, 0.15) is 0 Å². The van der Waals surface area contributed by atoms with E-state index in [2.05, 4.69) is 29.0 Å². The van der Waals surface area contributed by atoms with Crippen LogP contribution in [0.3, 0.4) is 0 Å². The fourth-order valence-corrected chi connectivity index (χ4v) is 4.57. The third-order valence-corrected chi connectivity index (χ3v) is 6.11. The SMILES string of the molecule is COC(=O)Cc1ccc([I-]c2ccc3cc(F)ccc3c2)cc1. The summed E-state index contributed by atoms with van der Waals surface area (Å²) in [5, 5.41) is 1.98. The number of ether oxygens (including phenoxy) is 1. The molecule has 4 heteroatoms. The second-order valence-corrected chi connectivity index (χ2v) is 8.14. The van der Waals surface area contributed by atoms with E-state index in [9.17, 15) is 9.18 Å². The number of methoxy groups -OCH3 is 1. The minimum atomic E-state index is -0.302. The molecular formula is C19H15FIO2-. The zero-order valence-electron chi connectivity index (χ0n) is 12.6. The topological polar surface area (TPSA) is 26.3 Å². The Morgan fingerprint density at radius 2 is 1.61 bits per heavy atom. The van der Waals surface area contributed by atoms with Gasteiger partial charge in [0, 0.05) is 0 Å². The fraction of sp³-hybridized carbons (Fsp3) is 0.105. The average Bonchev–Trinajstić information content (AvgIpc) is 2.56. The van der Waals surface area contributed by atoms with Crippen molar-refractivity contribution < 1.29 is 35.1 Å². The summed E-state index contributed by atoms with van der Waals surface area (Å²) in [6.45, 7) is 0. The Kier molecular flexibility index (Phi) is 4.91. The summed E-state index contributed by atoms with van der Waals surface area (Å²) < 4.78 is 20.4. The molecule has 2 nitrogen and oxygen atoms in total. The summed E-state index contributed by atoms with van der Waals surface area (Å²) in [4.78, 5) is 11.3. The van der Waals surface area contributed by atoms with Crippen molar-refractivity contribution in [1.82, 2.24) is 0 Å². The molecule has 0 heterocycles. The van der Waals surface area contributed by atoms with Gasteiger partial charge in [-0.2, -0.15) is 0 Å². The Hall–Kier alpha value is -1.95. The van der Waals surface area contributed by atoms with Crippen molar-refractivity contribution in [3.05, 3.63) is 79.2 Å². The van der Waals surface area contributed by atoms with Crippen molar-refractivity contribution in [2.75, 3.05) is 7.11 Å². The van der Waals surface area contributed by atoms with Gasteiger partial charge >= 0.3 is 145 Å². The van der Waals surface area contributed by atoms with Gasteiger partial charge in [-0.3, -0.25) is 0 Å². The first-order valence-electron chi connectivity index (χ1n) is 7.14. The summed E-state index contributed by atoms with van der Waals surface area (Å²) in [5.74, 6) is -0.435. The number of carbonyl (C=O) groups is 1. The molecule has 0 aliphatic heterocycles. The fourth-order valence-electron chi connectivity index (χ4n) is 2.28. The summed E-state index contributed by atoms with van der Waals surface area (Å²) >= 11 is -0.302. The number of hydrogen-bond donors (Lipinski definition) is 0. The zero-order valence-corrected chi connectivity index (χ0v) is 14.7. The second kappa shape index (κ2) is 7.08. The van der Waals surface area contributed by atoms with E-state index in [0.29, 0.717) is 6.42 Å². The summed E-state index contributed by atoms with van der Waals surface area (Å²) in [6.07, 6.45) is 0.302. The molecule has 0 spiro atoms. The average molecular weight is 421 g/mol. The Labute approximate surface area is 144 Å². The van der Waals surface area contributed by atoms with Gasteiger partial charge in [-0.05, 0) is 0 Å². The van der Waals surface area contributed by atoms with Crippen LogP contribution in [0.1, 0.15) is 5.56 Å². The first-order chi connectivity index (χ1) is 11.1. The molecule has 0 N–H and O–H groups in total. The van der Waals surface area contributed by atoms with E-state index in [1.807, 2.05) is 24.3 Å². The quantitative estimate of drug-likeness (QED) is 0.461. The van der Waals surface area contributed by atoms with Crippen molar-refractivity contribution in [1.29, 1.82) is 0 Å². The molecule has 0 saturated heterocycles. The molecule has 0 bridgehead atoms. The number of rotatable bonds is 4. The van der Waals surface area contributed by atoms with Gasteiger partial charge < -0.3 is 0 Å². The number of fused-ring (bicyclic) bond motifs is 1. The predicted molar refractivity (Wildman–Crippen MR) is 83.5 cm³/mol. The zero-order chi connectivity index (χ0) is 16.2. The van der Waals surface area contributed by atoms with E-state index in [-0.39, 0.29) is 33.0 Å². The Balaban J connectivity index is 1.76. The van der Waals surface area contributed by atoms with Crippen molar-refractivity contribution in [2.45, 2.75) is 6.42 Å². The number of esters is 1. The van der Waals surface area contributed by atoms with Crippen LogP contribution in [0.4, 0.5) is 4.39 Å². The number of hydrogen-bond acceptors (Lipinski definition) is 2. The number of benzene rings is 3. The summed E-state index contributed by atoms with van der Waals surface area (Å²) in [6, 6.07) is 19.1. The maximum atomic E-state index is 13.2. The molecule has 3 rings (SSSR count). The summed E-state index contributed by atoms with van der Waals surface area (Å²) in [5.41, 5.74) is 0.957. The molecule has 0 aliphatic carbocycles. The van der Waals surface area contributed by atoms with E-state index in [1.54, 1.807) is 6.07 Å². The van der Waals surface area contributed by atoms with Gasteiger partial charge in [0.25, 0.3) is 0 Å². The van der Waals surface area contributed by atoms with Crippen LogP contribution in [0.15, 0.2) is 60.7 Å². The number of carbonyl (C=O) groups excluding carboxylic acids is 1. The van der Waals surface area contributed by atoms with Crippen LogP contribution in [-0.2, 0) is 16.0 Å². The van der Waals surface area contributed by atoms with Gasteiger partial charge in [0.05, 0.1) is 0 Å². The number of halogens is 2. The van der Waals surface area contributed by atoms with Crippen LogP contribution < -0.4 is 21.2 Å². The van der Waals surface area contributed by atoms with Crippen molar-refractivity contribution in [3.63, 3.8) is 0 Å². The normalized spacial score (nSPS) is 10.9. The second-order valence-electron chi connectivity index (χ2n) is 5.11. The van der Waals surface area contributed by atoms with Gasteiger partial charge in [0.15, 0.2) is 0 Å². The molecule has 0 fully saturated rings. The molecule has 0 radical (unpaired) electrons. The molecule has 23 heavy (non-hydrogen) atoms. The standard InChI is InChI=1S/C19H15FIO2/c1-23-19(22)10-13-2-7-17(8-3-13)21-18-9-5-14-11-16(20)6-4-15(14)12-18/h2-9,11-12H,10H2,1H3/q-1. The van der Waals surface area contributed by atoms with E-state index in [4.69, 9.17) is 0 Å². The molecule has 0 amide bonds. The molecular weight excluding hydrogens is 406 g/mol. The first kappa shape index (κ1) is 15.9. The summed E-state index contributed by atoms with van der Waals surface area (Å²) in [7, 11) is 1.40. The van der Waals surface area contributed by atoms with Crippen molar-refractivity contribution >= 4 is 16.7 Å². The van der Waals surface area contributed by atoms with E-state index < -0.39 is 0 Å². The molecule has 0 aromatic heterocycles. The molecule has 0 unspecified atom stereocenters. The Morgan fingerprint density at radius 3 is 2.35 bits per heavy atom. The molecule has 118 valence electrons. The van der Waals surface area contributed by atoms with Gasteiger partial charge in [-0.1, -0.05) is 0 Å². The molecule has 3 aromatic carbocycles. The molecule has 0 atom stereocenters. The minimum absolute atomic E-state index is 0.207. The monoisotopic (exact) mass is 421 g/mol. The van der Waals surface area contributed by atoms with Crippen LogP contribution in [0.5, 0.6) is 0 Å². The van der Waals surface area contributed by atoms with Crippen molar-refractivity contribution in [3.8, 4) is 0 Å². The first-order valence-corrected chi connectivity index (χ1v) is 9.30. The van der Waals surface area contributed by atoms with Crippen LogP contribution in [0.25, 0.3) is 10.8 Å². The Bertz CT molecular complexity index is 844.